The predicted molar refractivity (Wildman–Crippen MR) is 104 cm³/mol. The van der Waals surface area contributed by atoms with Crippen molar-refractivity contribution in [3.63, 3.8) is 0 Å². The Balaban J connectivity index is 1.99. The van der Waals surface area contributed by atoms with Gasteiger partial charge in [0.1, 0.15) is 11.5 Å². The molecule has 144 valence electrons. The fourth-order valence-corrected chi connectivity index (χ4v) is 2.64. The molecular formula is C21H25NO5. The molecule has 1 amide bonds. The van der Waals surface area contributed by atoms with Crippen LogP contribution in [0.4, 0.5) is 5.69 Å². The highest BCUT2D eigenvalue weighted by Crippen LogP contribution is 2.26. The van der Waals surface area contributed by atoms with Crippen LogP contribution in [0.3, 0.4) is 0 Å². The molecule has 27 heavy (non-hydrogen) atoms. The van der Waals surface area contributed by atoms with Gasteiger partial charge in [-0.1, -0.05) is 12.1 Å². The number of carbonyl (C=O) groups is 2. The molecule has 0 saturated heterocycles. The summed E-state index contributed by atoms with van der Waals surface area (Å²) in [6, 6.07) is 12.3. The van der Waals surface area contributed by atoms with Gasteiger partial charge >= 0.3 is 5.97 Å². The van der Waals surface area contributed by atoms with E-state index in [-0.39, 0.29) is 12.3 Å². The molecule has 0 bridgehead atoms. The molecule has 0 saturated carbocycles. The summed E-state index contributed by atoms with van der Waals surface area (Å²) in [5, 5.41) is 12.1. The van der Waals surface area contributed by atoms with Gasteiger partial charge in [-0.3, -0.25) is 9.59 Å². The van der Waals surface area contributed by atoms with Crippen molar-refractivity contribution in [3.8, 4) is 11.5 Å². The molecule has 0 unspecified atom stereocenters. The van der Waals surface area contributed by atoms with Crippen LogP contribution >= 0.6 is 0 Å². The first-order chi connectivity index (χ1) is 12.8. The lowest BCUT2D eigenvalue weighted by atomic mass is 9.85. The van der Waals surface area contributed by atoms with Crippen LogP contribution in [-0.2, 0) is 21.4 Å². The average Bonchev–Trinajstić information content (AvgIpc) is 2.66. The van der Waals surface area contributed by atoms with E-state index in [1.54, 1.807) is 52.3 Å². The summed E-state index contributed by atoms with van der Waals surface area (Å²) in [5.74, 6) is 0.392. The van der Waals surface area contributed by atoms with Crippen molar-refractivity contribution in [1.29, 1.82) is 0 Å². The van der Waals surface area contributed by atoms with Crippen LogP contribution in [0.5, 0.6) is 11.5 Å². The Bertz CT molecular complexity index is 812. The number of aryl methyl sites for hydroxylation is 1. The summed E-state index contributed by atoms with van der Waals surface area (Å²) >= 11 is 0. The molecule has 6 nitrogen and oxygen atoms in total. The van der Waals surface area contributed by atoms with Gasteiger partial charge in [-0.15, -0.1) is 0 Å². The van der Waals surface area contributed by atoms with Gasteiger partial charge in [0, 0.05) is 12.1 Å². The van der Waals surface area contributed by atoms with Crippen molar-refractivity contribution in [1.82, 2.24) is 0 Å². The number of amides is 1. The maximum atomic E-state index is 12.3. The minimum Gasteiger partial charge on any atom is -0.497 e. The molecule has 0 atom stereocenters. The number of methoxy groups -OCH3 is 2. The molecule has 2 aromatic rings. The first-order valence-corrected chi connectivity index (χ1v) is 8.62. The lowest BCUT2D eigenvalue weighted by Crippen LogP contribution is -2.28. The Morgan fingerprint density at radius 2 is 1.70 bits per heavy atom. The highest BCUT2D eigenvalue weighted by Gasteiger charge is 2.29. The number of benzene rings is 2. The van der Waals surface area contributed by atoms with Gasteiger partial charge < -0.3 is 19.9 Å². The number of hydrogen-bond acceptors (Lipinski definition) is 4. The van der Waals surface area contributed by atoms with Crippen molar-refractivity contribution in [2.24, 2.45) is 0 Å². The molecule has 0 aliphatic heterocycles. The van der Waals surface area contributed by atoms with E-state index < -0.39 is 11.4 Å². The molecule has 0 fully saturated rings. The third kappa shape index (κ3) is 5.00. The van der Waals surface area contributed by atoms with Crippen molar-refractivity contribution in [2.45, 2.75) is 32.1 Å². The van der Waals surface area contributed by atoms with Gasteiger partial charge in [-0.05, 0) is 61.7 Å². The lowest BCUT2D eigenvalue weighted by molar-refractivity contribution is -0.142. The third-order valence-electron chi connectivity index (χ3n) is 4.53. The molecule has 0 radical (unpaired) electrons. The fourth-order valence-electron chi connectivity index (χ4n) is 2.64. The molecule has 0 heterocycles. The fraction of sp³-hybridized carbons (Fsp3) is 0.333. The maximum Gasteiger partial charge on any atom is 0.313 e. The van der Waals surface area contributed by atoms with E-state index in [0.717, 1.165) is 5.56 Å². The van der Waals surface area contributed by atoms with Gasteiger partial charge in [0.05, 0.1) is 19.6 Å². The van der Waals surface area contributed by atoms with Crippen molar-refractivity contribution in [3.05, 3.63) is 53.6 Å². The number of rotatable bonds is 8. The zero-order chi connectivity index (χ0) is 20.0. The van der Waals surface area contributed by atoms with Crippen LogP contribution in [0.1, 0.15) is 31.4 Å². The largest absolute Gasteiger partial charge is 0.497 e. The quantitative estimate of drug-likeness (QED) is 0.740. The zero-order valence-corrected chi connectivity index (χ0v) is 16.0. The molecule has 2 N–H and O–H groups in total. The van der Waals surface area contributed by atoms with Crippen LogP contribution in [0.15, 0.2) is 42.5 Å². The van der Waals surface area contributed by atoms with Gasteiger partial charge in [0.25, 0.3) is 0 Å². The Labute approximate surface area is 159 Å². The highest BCUT2D eigenvalue weighted by atomic mass is 16.5. The smallest absolute Gasteiger partial charge is 0.313 e. The minimum absolute atomic E-state index is 0.134. The molecule has 0 aliphatic carbocycles. The number of ether oxygens (including phenoxy) is 2. The Morgan fingerprint density at radius 1 is 1.04 bits per heavy atom. The van der Waals surface area contributed by atoms with Crippen LogP contribution < -0.4 is 14.8 Å². The maximum absolute atomic E-state index is 12.3. The number of anilines is 1. The van der Waals surface area contributed by atoms with E-state index in [2.05, 4.69) is 5.32 Å². The highest BCUT2D eigenvalue weighted by molar-refractivity contribution is 5.91. The molecule has 0 aliphatic rings. The summed E-state index contributed by atoms with van der Waals surface area (Å²) in [6.45, 7) is 3.29. The molecular weight excluding hydrogens is 346 g/mol. The number of carboxylic acids is 1. The molecule has 6 heteroatoms. The van der Waals surface area contributed by atoms with E-state index >= 15 is 0 Å². The molecule has 2 aromatic carbocycles. The van der Waals surface area contributed by atoms with Crippen molar-refractivity contribution in [2.75, 3.05) is 19.5 Å². The van der Waals surface area contributed by atoms with E-state index in [1.807, 2.05) is 18.2 Å². The standard InChI is InChI=1S/C21H25NO5/c1-21(2,20(24)25)15-6-8-16(9-7-15)22-19(23)12-5-14-13-17(26-3)10-11-18(14)27-4/h6-11,13H,5,12H2,1-4H3,(H,22,23)(H,24,25). The molecule has 2 rings (SSSR count). The Hall–Kier alpha value is -3.02. The lowest BCUT2D eigenvalue weighted by Gasteiger charge is -2.19. The molecule has 0 aromatic heterocycles. The number of aliphatic carboxylic acids is 1. The van der Waals surface area contributed by atoms with Gasteiger partial charge in [-0.2, -0.15) is 0 Å². The topological polar surface area (TPSA) is 84.9 Å². The summed E-state index contributed by atoms with van der Waals surface area (Å²) in [5.41, 5.74) is 1.22. The Morgan fingerprint density at radius 3 is 2.26 bits per heavy atom. The van der Waals surface area contributed by atoms with Crippen LogP contribution in [0.25, 0.3) is 0 Å². The average molecular weight is 371 g/mol. The van der Waals surface area contributed by atoms with E-state index in [0.29, 0.717) is 29.2 Å². The minimum atomic E-state index is -0.981. The van der Waals surface area contributed by atoms with Crippen molar-refractivity contribution < 1.29 is 24.2 Å². The summed E-state index contributed by atoms with van der Waals surface area (Å²) in [4.78, 5) is 23.6. The third-order valence-corrected chi connectivity index (χ3v) is 4.53. The second-order valence-electron chi connectivity index (χ2n) is 6.73. The Kier molecular flexibility index (Phi) is 6.45. The second kappa shape index (κ2) is 8.58. The predicted octanol–water partition coefficient (Wildman–Crippen LogP) is 3.64. The second-order valence-corrected chi connectivity index (χ2v) is 6.73. The first-order valence-electron chi connectivity index (χ1n) is 8.62. The van der Waals surface area contributed by atoms with E-state index in [4.69, 9.17) is 9.47 Å². The summed E-state index contributed by atoms with van der Waals surface area (Å²) < 4.78 is 10.5. The number of hydrogen-bond donors (Lipinski definition) is 2. The van der Waals surface area contributed by atoms with Gasteiger partial charge in [0.15, 0.2) is 0 Å². The van der Waals surface area contributed by atoms with Crippen LogP contribution in [-0.4, -0.2) is 31.2 Å². The van der Waals surface area contributed by atoms with E-state index in [1.165, 1.54) is 0 Å². The first kappa shape index (κ1) is 20.3. The van der Waals surface area contributed by atoms with E-state index in [9.17, 15) is 14.7 Å². The number of nitrogens with one attached hydrogen (secondary N) is 1. The summed E-state index contributed by atoms with van der Waals surface area (Å²) in [7, 11) is 3.18. The van der Waals surface area contributed by atoms with Crippen LogP contribution in [0.2, 0.25) is 0 Å². The molecule has 0 spiro atoms. The monoisotopic (exact) mass is 371 g/mol. The normalized spacial score (nSPS) is 11.0. The number of carboxylic acid groups (broad SMARTS) is 1. The van der Waals surface area contributed by atoms with Gasteiger partial charge in [-0.25, -0.2) is 0 Å². The zero-order valence-electron chi connectivity index (χ0n) is 16.0. The SMILES string of the molecule is COc1ccc(OC)c(CCC(=O)Nc2ccc(C(C)(C)C(=O)O)cc2)c1. The van der Waals surface area contributed by atoms with Crippen molar-refractivity contribution >= 4 is 17.6 Å². The summed E-state index contributed by atoms with van der Waals surface area (Å²) in [6.07, 6.45) is 0.794. The van der Waals surface area contributed by atoms with Crippen LogP contribution in [0, 0.1) is 0 Å². The number of carbonyl (C=O) groups excluding carboxylic acids is 1. The van der Waals surface area contributed by atoms with Gasteiger partial charge in [0.2, 0.25) is 5.91 Å².